The van der Waals surface area contributed by atoms with Gasteiger partial charge >= 0.3 is 0 Å². The van der Waals surface area contributed by atoms with Gasteiger partial charge in [-0.15, -0.1) is 10.2 Å². The Bertz CT molecular complexity index is 913. The molecule has 0 unspecified atom stereocenters. The second-order valence-electron chi connectivity index (χ2n) is 5.57. The van der Waals surface area contributed by atoms with E-state index in [-0.39, 0.29) is 0 Å². The van der Waals surface area contributed by atoms with Crippen LogP contribution in [0.5, 0.6) is 0 Å². The molecule has 0 N–H and O–H groups in total. The third-order valence-electron chi connectivity index (χ3n) is 3.87. The molecular formula is C20H16N4. The summed E-state index contributed by atoms with van der Waals surface area (Å²) in [5.74, 6) is 0.650. The van der Waals surface area contributed by atoms with Crippen LogP contribution in [0.4, 0.5) is 0 Å². The lowest BCUT2D eigenvalue weighted by Crippen LogP contribution is -2.03. The summed E-state index contributed by atoms with van der Waals surface area (Å²) in [4.78, 5) is 1.62. The second kappa shape index (κ2) is 6.46. The molecule has 24 heavy (non-hydrogen) atoms. The van der Waals surface area contributed by atoms with Crippen LogP contribution in [0.25, 0.3) is 22.5 Å². The van der Waals surface area contributed by atoms with E-state index in [1.807, 2.05) is 48.5 Å². The summed E-state index contributed by atoms with van der Waals surface area (Å²) in [7, 11) is 0. The van der Waals surface area contributed by atoms with Gasteiger partial charge in [0.1, 0.15) is 0 Å². The van der Waals surface area contributed by atoms with Gasteiger partial charge in [-0.2, -0.15) is 4.80 Å². The Morgan fingerprint density at radius 1 is 0.625 bits per heavy atom. The van der Waals surface area contributed by atoms with E-state index >= 15 is 0 Å². The van der Waals surface area contributed by atoms with Crippen LogP contribution in [0.15, 0.2) is 84.9 Å². The Morgan fingerprint density at radius 3 is 1.88 bits per heavy atom. The second-order valence-corrected chi connectivity index (χ2v) is 5.57. The highest BCUT2D eigenvalue weighted by atomic mass is 15.6. The van der Waals surface area contributed by atoms with Gasteiger partial charge in [-0.05, 0) is 21.9 Å². The van der Waals surface area contributed by atoms with Crippen LogP contribution in [-0.2, 0) is 6.54 Å². The van der Waals surface area contributed by atoms with Gasteiger partial charge in [-0.1, -0.05) is 84.9 Å². The number of nitrogens with zero attached hydrogens (tertiary/aromatic N) is 4. The zero-order valence-electron chi connectivity index (χ0n) is 13.1. The van der Waals surface area contributed by atoms with Gasteiger partial charge < -0.3 is 0 Å². The predicted octanol–water partition coefficient (Wildman–Crippen LogP) is 4.06. The lowest BCUT2D eigenvalue weighted by Gasteiger charge is -2.04. The highest BCUT2D eigenvalue weighted by molar-refractivity contribution is 5.63. The van der Waals surface area contributed by atoms with Gasteiger partial charge in [0, 0.05) is 5.56 Å². The van der Waals surface area contributed by atoms with Crippen LogP contribution in [0, 0.1) is 0 Å². The molecule has 0 aliphatic heterocycles. The summed E-state index contributed by atoms with van der Waals surface area (Å²) >= 11 is 0. The molecule has 1 aromatic heterocycles. The third-order valence-corrected chi connectivity index (χ3v) is 3.87. The van der Waals surface area contributed by atoms with Crippen LogP contribution in [0.1, 0.15) is 5.56 Å². The van der Waals surface area contributed by atoms with E-state index in [1.54, 1.807) is 4.80 Å². The van der Waals surface area contributed by atoms with Crippen LogP contribution < -0.4 is 0 Å². The van der Waals surface area contributed by atoms with Crippen molar-refractivity contribution in [2.24, 2.45) is 0 Å². The molecule has 0 spiro atoms. The van der Waals surface area contributed by atoms with Crippen LogP contribution in [0.2, 0.25) is 0 Å². The normalized spacial score (nSPS) is 10.7. The van der Waals surface area contributed by atoms with E-state index in [0.717, 1.165) is 11.1 Å². The molecule has 0 amide bonds. The van der Waals surface area contributed by atoms with Crippen LogP contribution in [-0.4, -0.2) is 20.2 Å². The molecule has 4 aromatic rings. The number of rotatable bonds is 4. The van der Waals surface area contributed by atoms with E-state index in [9.17, 15) is 0 Å². The van der Waals surface area contributed by atoms with E-state index in [2.05, 4.69) is 51.8 Å². The van der Waals surface area contributed by atoms with Crippen molar-refractivity contribution in [3.05, 3.63) is 90.5 Å². The lowest BCUT2D eigenvalue weighted by molar-refractivity contribution is 0.573. The van der Waals surface area contributed by atoms with Gasteiger partial charge in [-0.25, -0.2) is 0 Å². The van der Waals surface area contributed by atoms with Gasteiger partial charge in [0.2, 0.25) is 5.82 Å². The van der Waals surface area contributed by atoms with Crippen molar-refractivity contribution < 1.29 is 0 Å². The Labute approximate surface area is 140 Å². The first-order chi connectivity index (χ1) is 11.9. The molecule has 0 aliphatic rings. The first-order valence-corrected chi connectivity index (χ1v) is 7.86. The quantitative estimate of drug-likeness (QED) is 0.571. The van der Waals surface area contributed by atoms with Crippen molar-refractivity contribution in [2.45, 2.75) is 6.54 Å². The summed E-state index contributed by atoms with van der Waals surface area (Å²) < 4.78 is 0. The van der Waals surface area contributed by atoms with E-state index in [1.165, 1.54) is 11.1 Å². The minimum atomic E-state index is 0.606. The summed E-state index contributed by atoms with van der Waals surface area (Å²) in [5.41, 5.74) is 4.54. The Hall–Kier alpha value is -3.27. The molecule has 116 valence electrons. The van der Waals surface area contributed by atoms with Crippen LogP contribution >= 0.6 is 0 Å². The molecule has 0 bridgehead atoms. The van der Waals surface area contributed by atoms with E-state index in [0.29, 0.717) is 12.4 Å². The lowest BCUT2D eigenvalue weighted by atomic mass is 10.0. The van der Waals surface area contributed by atoms with Crippen molar-refractivity contribution >= 4 is 0 Å². The molecule has 4 rings (SSSR count). The van der Waals surface area contributed by atoms with Crippen molar-refractivity contribution in [1.82, 2.24) is 20.2 Å². The Balaban J connectivity index is 1.51. The SMILES string of the molecule is c1ccc(-c2ccc(Cn3nnc(-c4ccccc4)n3)cc2)cc1. The maximum absolute atomic E-state index is 4.45. The standard InChI is InChI=1S/C20H16N4/c1-3-7-17(8-4-1)18-13-11-16(12-14-18)15-24-22-20(21-23-24)19-9-5-2-6-10-19/h1-14H,15H2. The number of benzene rings is 3. The summed E-state index contributed by atoms with van der Waals surface area (Å²) in [6.07, 6.45) is 0. The first kappa shape index (κ1) is 14.3. The maximum Gasteiger partial charge on any atom is 0.204 e. The first-order valence-electron chi connectivity index (χ1n) is 7.86. The Morgan fingerprint density at radius 2 is 1.21 bits per heavy atom. The molecular weight excluding hydrogens is 296 g/mol. The van der Waals surface area contributed by atoms with Gasteiger partial charge in [0.25, 0.3) is 0 Å². The minimum absolute atomic E-state index is 0.606. The van der Waals surface area contributed by atoms with Gasteiger partial charge in [0.05, 0.1) is 6.54 Å². The smallest absolute Gasteiger partial charge is 0.159 e. The van der Waals surface area contributed by atoms with Gasteiger partial charge in [-0.3, -0.25) is 0 Å². The fourth-order valence-electron chi connectivity index (χ4n) is 2.61. The zero-order valence-corrected chi connectivity index (χ0v) is 13.1. The highest BCUT2D eigenvalue weighted by Gasteiger charge is 2.06. The maximum atomic E-state index is 4.45. The summed E-state index contributed by atoms with van der Waals surface area (Å²) in [6.45, 7) is 0.606. The fraction of sp³-hybridized carbons (Fsp3) is 0.0500. The molecule has 0 saturated carbocycles. The largest absolute Gasteiger partial charge is 0.204 e. The summed E-state index contributed by atoms with van der Waals surface area (Å²) in [6, 6.07) is 28.7. The number of aromatic nitrogens is 4. The Kier molecular flexibility index (Phi) is 3.86. The van der Waals surface area contributed by atoms with Crippen molar-refractivity contribution in [3.8, 4) is 22.5 Å². The van der Waals surface area contributed by atoms with Crippen molar-refractivity contribution in [2.75, 3.05) is 0 Å². The number of tetrazole rings is 1. The average molecular weight is 312 g/mol. The number of hydrogen-bond donors (Lipinski definition) is 0. The zero-order chi connectivity index (χ0) is 16.2. The molecule has 0 atom stereocenters. The molecule has 3 aromatic carbocycles. The molecule has 4 nitrogen and oxygen atoms in total. The van der Waals surface area contributed by atoms with Crippen molar-refractivity contribution in [1.29, 1.82) is 0 Å². The molecule has 0 radical (unpaired) electrons. The molecule has 0 aliphatic carbocycles. The molecule has 4 heteroatoms. The average Bonchev–Trinajstić information content (AvgIpc) is 3.12. The molecule has 1 heterocycles. The summed E-state index contributed by atoms with van der Waals surface area (Å²) in [5, 5.41) is 12.7. The van der Waals surface area contributed by atoms with E-state index in [4.69, 9.17) is 0 Å². The topological polar surface area (TPSA) is 43.6 Å². The van der Waals surface area contributed by atoms with Gasteiger partial charge in [0.15, 0.2) is 0 Å². The highest BCUT2D eigenvalue weighted by Crippen LogP contribution is 2.19. The number of hydrogen-bond acceptors (Lipinski definition) is 3. The monoisotopic (exact) mass is 312 g/mol. The van der Waals surface area contributed by atoms with Crippen molar-refractivity contribution in [3.63, 3.8) is 0 Å². The third kappa shape index (κ3) is 3.08. The minimum Gasteiger partial charge on any atom is -0.159 e. The molecule has 0 fully saturated rings. The van der Waals surface area contributed by atoms with Crippen LogP contribution in [0.3, 0.4) is 0 Å². The molecule has 0 saturated heterocycles. The van der Waals surface area contributed by atoms with E-state index < -0.39 is 0 Å². The predicted molar refractivity (Wildman–Crippen MR) is 94.2 cm³/mol. The fourth-order valence-corrected chi connectivity index (χ4v) is 2.61.